The second-order valence-electron chi connectivity index (χ2n) is 10.6. The summed E-state index contributed by atoms with van der Waals surface area (Å²) in [5, 5.41) is 0. The van der Waals surface area contributed by atoms with Crippen LogP contribution in [0.2, 0.25) is 0 Å². The third kappa shape index (κ3) is 13.4. The zero-order chi connectivity index (χ0) is 25.8. The zero-order valence-corrected chi connectivity index (χ0v) is 24.1. The van der Waals surface area contributed by atoms with Crippen LogP contribution in [0.3, 0.4) is 0 Å². The smallest absolute Gasteiger partial charge is 0.138 e. The summed E-state index contributed by atoms with van der Waals surface area (Å²) in [6.45, 7) is 7.59. The summed E-state index contributed by atoms with van der Waals surface area (Å²) in [5.74, 6) is 1.58. The molecule has 198 valence electrons. The Kier molecular flexibility index (Phi) is 16.2. The number of rotatable bonds is 20. The Morgan fingerprint density at radius 3 is 1.92 bits per heavy atom. The monoisotopic (exact) mass is 506 g/mol. The van der Waals surface area contributed by atoms with Crippen molar-refractivity contribution in [2.24, 2.45) is 5.92 Å². The highest BCUT2D eigenvalue weighted by atomic mass is 32.1. The summed E-state index contributed by atoms with van der Waals surface area (Å²) in [6, 6.07) is 19.1. The van der Waals surface area contributed by atoms with Gasteiger partial charge in [0.05, 0.1) is 11.5 Å². The minimum Gasteiger partial charge on any atom is -0.492 e. The van der Waals surface area contributed by atoms with Crippen LogP contribution in [-0.2, 0) is 11.2 Å². The molecule has 0 saturated carbocycles. The molecule has 0 radical (unpaired) electrons. The molecule has 0 saturated heterocycles. The first-order valence-corrected chi connectivity index (χ1v) is 15.0. The highest BCUT2D eigenvalue weighted by Crippen LogP contribution is 2.19. The van der Waals surface area contributed by atoms with Gasteiger partial charge in [0.2, 0.25) is 0 Å². The van der Waals surface area contributed by atoms with Crippen LogP contribution in [-0.4, -0.2) is 11.5 Å². The number of thiocarbonyl (C=S) groups is 1. The van der Waals surface area contributed by atoms with E-state index in [1.54, 1.807) is 0 Å². The minimum absolute atomic E-state index is 0.725. The number of ether oxygens (including phenoxy) is 1. The predicted molar refractivity (Wildman–Crippen MR) is 163 cm³/mol. The molecule has 1 nitrogen and oxygen atoms in total. The molecule has 36 heavy (non-hydrogen) atoms. The molecule has 0 aromatic heterocycles. The second-order valence-corrected chi connectivity index (χ2v) is 11.0. The van der Waals surface area contributed by atoms with E-state index in [-0.39, 0.29) is 0 Å². The Bertz CT molecular complexity index is 851. The molecule has 0 heterocycles. The molecule has 2 heteroatoms. The Hall–Kier alpha value is -1.93. The van der Waals surface area contributed by atoms with Gasteiger partial charge in [-0.15, -0.1) is 0 Å². The average Bonchev–Trinajstić information content (AvgIpc) is 2.89. The van der Waals surface area contributed by atoms with Crippen molar-refractivity contribution >= 4 is 23.2 Å². The van der Waals surface area contributed by atoms with Crippen LogP contribution in [0.1, 0.15) is 121 Å². The summed E-state index contributed by atoms with van der Waals surface area (Å²) >= 11 is 5.90. The Morgan fingerprint density at radius 2 is 1.33 bits per heavy atom. The van der Waals surface area contributed by atoms with Gasteiger partial charge in [0, 0.05) is 0 Å². The lowest BCUT2D eigenvalue weighted by atomic mass is 10.0. The highest BCUT2D eigenvalue weighted by molar-refractivity contribution is 7.81. The number of aryl methyl sites for hydroxylation is 1. The lowest BCUT2D eigenvalue weighted by Gasteiger charge is -2.13. The molecule has 2 aromatic carbocycles. The van der Waals surface area contributed by atoms with Crippen LogP contribution in [0.25, 0.3) is 6.08 Å². The lowest BCUT2D eigenvalue weighted by molar-refractivity contribution is 0.226. The maximum atomic E-state index is 6.29. The van der Waals surface area contributed by atoms with Gasteiger partial charge in [0.25, 0.3) is 0 Å². The molecule has 0 amide bonds. The van der Waals surface area contributed by atoms with E-state index in [9.17, 15) is 0 Å². The summed E-state index contributed by atoms with van der Waals surface area (Å²) in [4.78, 5) is 0.802. The van der Waals surface area contributed by atoms with E-state index in [2.05, 4.69) is 75.4 Å². The van der Waals surface area contributed by atoms with Crippen LogP contribution in [0.5, 0.6) is 0 Å². The molecule has 2 aromatic rings. The number of hydrogen-bond acceptors (Lipinski definition) is 2. The molecular weight excluding hydrogens is 456 g/mol. The van der Waals surface area contributed by atoms with Gasteiger partial charge < -0.3 is 4.74 Å². The molecule has 0 fully saturated rings. The van der Waals surface area contributed by atoms with Gasteiger partial charge in [-0.2, -0.15) is 0 Å². The van der Waals surface area contributed by atoms with Crippen LogP contribution < -0.4 is 0 Å². The van der Waals surface area contributed by atoms with E-state index in [0.717, 1.165) is 47.1 Å². The fourth-order valence-electron chi connectivity index (χ4n) is 4.50. The molecule has 0 unspecified atom stereocenters. The lowest BCUT2D eigenvalue weighted by Crippen LogP contribution is -2.07. The SMILES string of the molecule is CCCCCCCCCCCCCOC(=Cc1ccccc1)C(=S)c1ccc(CCCC(C)C)cc1. The summed E-state index contributed by atoms with van der Waals surface area (Å²) in [5.41, 5.74) is 3.58. The second kappa shape index (κ2) is 19.2. The van der Waals surface area contributed by atoms with Crippen molar-refractivity contribution in [1.29, 1.82) is 0 Å². The molecule has 2 rings (SSSR count). The van der Waals surface area contributed by atoms with Crippen molar-refractivity contribution in [2.45, 2.75) is 111 Å². The molecule has 0 aliphatic heterocycles. The van der Waals surface area contributed by atoms with Crippen LogP contribution in [0.4, 0.5) is 0 Å². The summed E-state index contributed by atoms with van der Waals surface area (Å²) < 4.78 is 6.29. The Labute approximate surface area is 227 Å². The average molecular weight is 507 g/mol. The van der Waals surface area contributed by atoms with Gasteiger partial charge in [0.15, 0.2) is 0 Å². The summed E-state index contributed by atoms with van der Waals surface area (Å²) in [7, 11) is 0. The van der Waals surface area contributed by atoms with Crippen molar-refractivity contribution in [3.05, 3.63) is 77.0 Å². The van der Waals surface area contributed by atoms with Crippen LogP contribution >= 0.6 is 12.2 Å². The normalized spacial score (nSPS) is 11.7. The Morgan fingerprint density at radius 1 is 0.750 bits per heavy atom. The number of benzene rings is 2. The maximum Gasteiger partial charge on any atom is 0.138 e. The molecule has 0 atom stereocenters. The van der Waals surface area contributed by atoms with Gasteiger partial charge in [-0.25, -0.2) is 0 Å². The van der Waals surface area contributed by atoms with E-state index in [1.807, 2.05) is 6.07 Å². The fourth-order valence-corrected chi connectivity index (χ4v) is 4.76. The maximum absolute atomic E-state index is 6.29. The highest BCUT2D eigenvalue weighted by Gasteiger charge is 2.10. The molecule has 0 spiro atoms. The number of allylic oxidation sites excluding steroid dienone is 1. The largest absolute Gasteiger partial charge is 0.492 e. The predicted octanol–water partition coefficient (Wildman–Crippen LogP) is 10.8. The van der Waals surface area contributed by atoms with Gasteiger partial charge in [-0.3, -0.25) is 0 Å². The van der Waals surface area contributed by atoms with Crippen molar-refractivity contribution in [1.82, 2.24) is 0 Å². The van der Waals surface area contributed by atoms with E-state index >= 15 is 0 Å². The van der Waals surface area contributed by atoms with Crippen LogP contribution in [0, 0.1) is 5.92 Å². The first kappa shape index (κ1) is 30.3. The van der Waals surface area contributed by atoms with E-state index < -0.39 is 0 Å². The number of hydrogen-bond donors (Lipinski definition) is 0. The molecule has 0 aliphatic rings. The minimum atomic E-state index is 0.725. The van der Waals surface area contributed by atoms with Crippen LogP contribution in [0.15, 0.2) is 60.4 Å². The molecule has 0 aliphatic carbocycles. The van der Waals surface area contributed by atoms with Crippen molar-refractivity contribution in [3.8, 4) is 0 Å². The third-order valence-corrected chi connectivity index (χ3v) is 7.23. The van der Waals surface area contributed by atoms with Crippen molar-refractivity contribution < 1.29 is 4.74 Å². The first-order chi connectivity index (χ1) is 17.6. The van der Waals surface area contributed by atoms with Gasteiger partial charge >= 0.3 is 0 Å². The van der Waals surface area contributed by atoms with E-state index in [1.165, 1.54) is 82.6 Å². The topological polar surface area (TPSA) is 9.23 Å². The standard InChI is InChI=1S/C34H50OS/c1-4-5-6-7-8-9-10-11-12-13-17-27-35-33(28-31-20-15-14-16-21-31)34(36)32-25-23-30(24-26-32)22-18-19-29(2)3/h14-16,20-21,23-26,28-29H,4-13,17-19,22,27H2,1-3H3. The van der Waals surface area contributed by atoms with Gasteiger partial charge in [0.1, 0.15) is 5.76 Å². The third-order valence-electron chi connectivity index (χ3n) is 6.79. The van der Waals surface area contributed by atoms with E-state index in [4.69, 9.17) is 17.0 Å². The van der Waals surface area contributed by atoms with Crippen molar-refractivity contribution in [2.75, 3.05) is 6.61 Å². The van der Waals surface area contributed by atoms with Gasteiger partial charge in [-0.05, 0) is 47.9 Å². The first-order valence-electron chi connectivity index (χ1n) is 14.6. The van der Waals surface area contributed by atoms with Gasteiger partial charge in [-0.1, -0.05) is 158 Å². The van der Waals surface area contributed by atoms with Crippen molar-refractivity contribution in [3.63, 3.8) is 0 Å². The van der Waals surface area contributed by atoms with E-state index in [0.29, 0.717) is 0 Å². The quantitative estimate of drug-likeness (QED) is 0.0580. The molecule has 0 N–H and O–H groups in total. The zero-order valence-electron chi connectivity index (χ0n) is 23.3. The summed E-state index contributed by atoms with van der Waals surface area (Å²) in [6.07, 6.45) is 20.5. The molecule has 0 bridgehead atoms. The Balaban J connectivity index is 1.81. The number of unbranched alkanes of at least 4 members (excludes halogenated alkanes) is 10. The molecular formula is C34H50OS. The fraction of sp³-hybridized carbons (Fsp3) is 0.559.